The first-order valence-corrected chi connectivity index (χ1v) is 13.4. The van der Waals surface area contributed by atoms with E-state index in [0.29, 0.717) is 11.8 Å². The van der Waals surface area contributed by atoms with E-state index in [0.717, 1.165) is 27.9 Å². The molecular weight excluding hydrogens is 647 g/mol. The van der Waals surface area contributed by atoms with Crippen molar-refractivity contribution in [1.82, 2.24) is 9.97 Å². The maximum atomic E-state index is 9.03. The van der Waals surface area contributed by atoms with Gasteiger partial charge in [0.15, 0.2) is 0 Å². The van der Waals surface area contributed by atoms with Crippen LogP contribution in [0.5, 0.6) is 0 Å². The van der Waals surface area contributed by atoms with Gasteiger partial charge in [-0.05, 0) is 57.0 Å². The van der Waals surface area contributed by atoms with E-state index in [1.807, 2.05) is 25.4 Å². The molecule has 0 aliphatic heterocycles. The van der Waals surface area contributed by atoms with Gasteiger partial charge in [0, 0.05) is 49.0 Å². The molecule has 38 heavy (non-hydrogen) atoms. The minimum atomic E-state index is -0.131. The van der Waals surface area contributed by atoms with E-state index in [1.165, 1.54) is 59.6 Å². The van der Waals surface area contributed by atoms with Crippen molar-refractivity contribution in [3.05, 3.63) is 83.4 Å². The van der Waals surface area contributed by atoms with Crippen LogP contribution >= 0.6 is 0 Å². The Balaban J connectivity index is 0.000000207. The van der Waals surface area contributed by atoms with Gasteiger partial charge in [0.1, 0.15) is 0 Å². The number of aliphatic hydroxyl groups excluding tert-OH is 1. The number of aryl methyl sites for hydroxylation is 1. The van der Waals surface area contributed by atoms with Gasteiger partial charge in [-0.25, -0.2) is 0 Å². The Hall–Kier alpha value is -2.88. The molecule has 0 unspecified atom stereocenters. The minimum absolute atomic E-state index is 0. The van der Waals surface area contributed by atoms with Crippen LogP contribution < -0.4 is 0 Å². The van der Waals surface area contributed by atoms with E-state index in [-0.39, 0.29) is 25.5 Å². The van der Waals surface area contributed by atoms with Crippen LogP contribution in [0.4, 0.5) is 0 Å². The Morgan fingerprint density at radius 3 is 2.58 bits per heavy atom. The summed E-state index contributed by atoms with van der Waals surface area (Å²) >= 11 is 0. The van der Waals surface area contributed by atoms with Crippen molar-refractivity contribution in [3.8, 4) is 11.3 Å². The van der Waals surface area contributed by atoms with Crippen molar-refractivity contribution in [3.63, 3.8) is 0 Å². The summed E-state index contributed by atoms with van der Waals surface area (Å²) in [4.78, 5) is 14.1. The number of aliphatic hydroxyl groups is 1. The first-order valence-electron chi connectivity index (χ1n) is 13.4. The second-order valence-corrected chi connectivity index (χ2v) is 11.0. The summed E-state index contributed by atoms with van der Waals surface area (Å²) in [6, 6.07) is 16.6. The number of hydrogen-bond acceptors (Lipinski definition) is 4. The summed E-state index contributed by atoms with van der Waals surface area (Å²) < 4.78 is 0. The predicted octanol–water partition coefficient (Wildman–Crippen LogP) is 8.44. The molecule has 0 atom stereocenters. The van der Waals surface area contributed by atoms with Gasteiger partial charge in [0.2, 0.25) is 0 Å². The number of nitrogens with zero attached hydrogens (tertiary/aromatic N) is 3. The molecule has 1 fully saturated rings. The minimum Gasteiger partial charge on any atom is -0.513 e. The summed E-state index contributed by atoms with van der Waals surface area (Å²) in [6.07, 6.45) is 12.1. The molecule has 0 spiro atoms. The van der Waals surface area contributed by atoms with Crippen molar-refractivity contribution in [2.24, 2.45) is 4.99 Å². The van der Waals surface area contributed by atoms with Gasteiger partial charge < -0.3 is 5.11 Å². The molecule has 0 amide bonds. The van der Waals surface area contributed by atoms with Gasteiger partial charge in [-0.2, -0.15) is 0 Å². The van der Waals surface area contributed by atoms with Crippen LogP contribution in [0.2, 0.25) is 0 Å². The summed E-state index contributed by atoms with van der Waals surface area (Å²) in [7, 11) is 0. The van der Waals surface area contributed by atoms with Gasteiger partial charge in [-0.3, -0.25) is 15.0 Å². The van der Waals surface area contributed by atoms with Gasteiger partial charge in [-0.15, -0.1) is 23.8 Å². The summed E-state index contributed by atoms with van der Waals surface area (Å²) in [5.74, 6) is 0.344. The number of fused-ring (bicyclic) bond motifs is 3. The first kappa shape index (κ1) is 28.1. The first-order chi connectivity index (χ1) is 17.8. The molecule has 0 bridgehead atoms. The maximum Gasteiger partial charge on any atom is 0.0909 e. The van der Waals surface area contributed by atoms with E-state index in [1.54, 1.807) is 13.0 Å². The molecule has 1 radical (unpaired) electrons. The monoisotopic (exact) mass is 683 g/mol. The van der Waals surface area contributed by atoms with Crippen LogP contribution in [0.25, 0.3) is 32.9 Å². The van der Waals surface area contributed by atoms with Crippen molar-refractivity contribution < 1.29 is 25.2 Å². The Kier molecular flexibility index (Phi) is 8.49. The van der Waals surface area contributed by atoms with Crippen LogP contribution in [0, 0.1) is 13.0 Å². The fourth-order valence-corrected chi connectivity index (χ4v) is 5.82. The molecule has 2 aliphatic carbocycles. The Morgan fingerprint density at radius 2 is 1.84 bits per heavy atom. The van der Waals surface area contributed by atoms with Crippen LogP contribution in [0.1, 0.15) is 76.5 Å². The molecule has 2 aliphatic rings. The average molecular weight is 683 g/mol. The number of aromatic nitrogens is 2. The molecule has 5 heteroatoms. The Morgan fingerprint density at radius 1 is 1.08 bits per heavy atom. The number of pyridine rings is 2. The van der Waals surface area contributed by atoms with Crippen molar-refractivity contribution in [2.45, 2.75) is 78.2 Å². The Labute approximate surface area is 239 Å². The topological polar surface area (TPSA) is 58.4 Å². The van der Waals surface area contributed by atoms with E-state index >= 15 is 0 Å². The quantitative estimate of drug-likeness (QED) is 0.131. The van der Waals surface area contributed by atoms with Crippen molar-refractivity contribution in [1.29, 1.82) is 0 Å². The van der Waals surface area contributed by atoms with Gasteiger partial charge >= 0.3 is 0 Å². The van der Waals surface area contributed by atoms with Crippen molar-refractivity contribution in [2.75, 3.05) is 0 Å². The average Bonchev–Trinajstić information content (AvgIpc) is 2.87. The molecular formula is C33H36IrN3O-. The predicted molar refractivity (Wildman–Crippen MR) is 155 cm³/mol. The smallest absolute Gasteiger partial charge is 0.0909 e. The van der Waals surface area contributed by atoms with Gasteiger partial charge in [-0.1, -0.05) is 73.2 Å². The van der Waals surface area contributed by atoms with Crippen LogP contribution in [0.15, 0.2) is 65.6 Å². The zero-order valence-electron chi connectivity index (χ0n) is 22.9. The number of allylic oxidation sites excluding steroid dienone is 2. The zero-order valence-corrected chi connectivity index (χ0v) is 25.3. The molecule has 2 aromatic carbocycles. The second kappa shape index (κ2) is 11.5. The van der Waals surface area contributed by atoms with Crippen LogP contribution in [-0.2, 0) is 25.5 Å². The fraction of sp³-hybridized carbons (Fsp3) is 0.364. The molecule has 1 N–H and O–H groups in total. The largest absolute Gasteiger partial charge is 0.513 e. The molecule has 6 rings (SSSR count). The number of aliphatic imine (C=N–C) groups is 1. The molecule has 4 nitrogen and oxygen atoms in total. The molecule has 2 aromatic heterocycles. The number of hydrogen-bond donors (Lipinski definition) is 1. The number of benzene rings is 2. The zero-order chi connectivity index (χ0) is 26.2. The van der Waals surface area contributed by atoms with Crippen LogP contribution in [-0.4, -0.2) is 26.8 Å². The molecule has 0 saturated heterocycles. The SMILES string of the molecule is CC(/C=C(/C)O)=NC1CCCCC1.Cc1cccc2nc3c(cc12)C(C)(C)c1cncc2cc[c-]c-3c12.[Ir]. The van der Waals surface area contributed by atoms with Gasteiger partial charge in [0.25, 0.3) is 0 Å². The third-order valence-corrected chi connectivity index (χ3v) is 7.76. The van der Waals surface area contributed by atoms with E-state index in [4.69, 9.17) is 10.1 Å². The number of rotatable bonds is 2. The molecule has 1 saturated carbocycles. The van der Waals surface area contributed by atoms with Crippen LogP contribution in [0.3, 0.4) is 0 Å². The third-order valence-electron chi connectivity index (χ3n) is 7.76. The van der Waals surface area contributed by atoms with E-state index in [9.17, 15) is 0 Å². The molecule has 2 heterocycles. The standard InChI is InChI=1S/C22H17N2.C11H19NO.Ir/c1-13-6-4-9-19-16(13)10-17-21(24-19)15-8-5-7-14-11-23-12-18(20(14)15)22(17,2)3;1-9(8-10(2)13)12-11-6-4-3-5-7-11;/h4-7,9-12H,1-3H3;8,11,13H,3-7H2,1-2H3;/q-1;;/b;10-8-,12-9?;. The maximum absolute atomic E-state index is 9.03. The van der Waals surface area contributed by atoms with E-state index in [2.05, 4.69) is 67.1 Å². The fourth-order valence-electron chi connectivity index (χ4n) is 5.82. The van der Waals surface area contributed by atoms with Gasteiger partial charge in [0.05, 0.1) is 17.3 Å². The second-order valence-electron chi connectivity index (χ2n) is 11.0. The third kappa shape index (κ3) is 5.46. The van der Waals surface area contributed by atoms with Crippen molar-refractivity contribution >= 4 is 27.4 Å². The van der Waals surface area contributed by atoms with E-state index < -0.39 is 0 Å². The summed E-state index contributed by atoms with van der Waals surface area (Å²) in [5, 5.41) is 12.7. The Bertz CT molecular complexity index is 1520. The normalized spacial score (nSPS) is 16.9. The summed E-state index contributed by atoms with van der Waals surface area (Å²) in [6.45, 7) is 10.3. The molecule has 4 aromatic rings. The summed E-state index contributed by atoms with van der Waals surface area (Å²) in [5.41, 5.74) is 7.80. The molecule has 199 valence electrons.